The van der Waals surface area contributed by atoms with E-state index in [2.05, 4.69) is 0 Å². The van der Waals surface area contributed by atoms with Crippen LogP contribution in [0.4, 0.5) is 5.69 Å². The molecular formula is C12H11NO2. The lowest BCUT2D eigenvalue weighted by molar-refractivity contribution is -0.121. The number of fused-ring (bicyclic) bond motifs is 1. The van der Waals surface area contributed by atoms with Gasteiger partial charge in [-0.3, -0.25) is 10.0 Å². The minimum absolute atomic E-state index is 0.398. The average molecular weight is 201 g/mol. The zero-order valence-electron chi connectivity index (χ0n) is 8.34. The second-order valence-electron chi connectivity index (χ2n) is 3.36. The molecule has 1 amide bonds. The molecule has 0 unspecified atom stereocenters. The van der Waals surface area contributed by atoms with Crippen LogP contribution in [0.3, 0.4) is 0 Å². The Balaban J connectivity index is 2.51. The maximum absolute atomic E-state index is 11.0. The standard InChI is InChI=1S/C12H11NO2/c1-9(14)13(15)12-7-6-10-4-2-3-5-11(10)8-12/h2-8,15H,1H3. The molecule has 0 aliphatic rings. The van der Waals surface area contributed by atoms with Crippen LogP contribution in [0.1, 0.15) is 6.92 Å². The highest BCUT2D eigenvalue weighted by Crippen LogP contribution is 2.20. The molecule has 0 heterocycles. The molecule has 0 saturated heterocycles. The summed E-state index contributed by atoms with van der Waals surface area (Å²) in [6, 6.07) is 13.1. The third kappa shape index (κ3) is 1.82. The highest BCUT2D eigenvalue weighted by Gasteiger charge is 2.07. The van der Waals surface area contributed by atoms with Gasteiger partial charge in [0.2, 0.25) is 5.91 Å². The van der Waals surface area contributed by atoms with E-state index in [0.29, 0.717) is 10.8 Å². The molecule has 0 atom stereocenters. The van der Waals surface area contributed by atoms with Crippen molar-refractivity contribution in [3.63, 3.8) is 0 Å². The molecule has 1 N–H and O–H groups in total. The fraction of sp³-hybridized carbons (Fsp3) is 0.0833. The van der Waals surface area contributed by atoms with Crippen LogP contribution >= 0.6 is 0 Å². The molecule has 0 bridgehead atoms. The Labute approximate surface area is 87.5 Å². The van der Waals surface area contributed by atoms with E-state index in [0.717, 1.165) is 10.8 Å². The second kappa shape index (κ2) is 3.71. The zero-order valence-corrected chi connectivity index (χ0v) is 8.34. The summed E-state index contributed by atoms with van der Waals surface area (Å²) in [6.07, 6.45) is 0. The molecule has 2 rings (SSSR count). The fourth-order valence-corrected chi connectivity index (χ4v) is 1.49. The first-order chi connectivity index (χ1) is 7.18. The normalized spacial score (nSPS) is 10.3. The smallest absolute Gasteiger partial charge is 0.247 e. The van der Waals surface area contributed by atoms with Crippen LogP contribution in [0.15, 0.2) is 42.5 Å². The lowest BCUT2D eigenvalue weighted by atomic mass is 10.1. The second-order valence-corrected chi connectivity index (χ2v) is 3.36. The van der Waals surface area contributed by atoms with Gasteiger partial charge in [-0.1, -0.05) is 30.3 Å². The molecule has 0 fully saturated rings. The van der Waals surface area contributed by atoms with Crippen molar-refractivity contribution in [2.75, 3.05) is 5.06 Å². The Morgan fingerprint density at radius 2 is 1.80 bits per heavy atom. The van der Waals surface area contributed by atoms with Crippen LogP contribution in [-0.2, 0) is 4.79 Å². The minimum Gasteiger partial charge on any atom is -0.281 e. The summed E-state index contributed by atoms with van der Waals surface area (Å²) in [5.74, 6) is -0.398. The number of carbonyl (C=O) groups is 1. The highest BCUT2D eigenvalue weighted by molar-refractivity contribution is 5.93. The third-order valence-electron chi connectivity index (χ3n) is 2.28. The Bertz CT molecular complexity index is 508. The maximum Gasteiger partial charge on any atom is 0.247 e. The summed E-state index contributed by atoms with van der Waals surface area (Å²) >= 11 is 0. The Morgan fingerprint density at radius 3 is 2.47 bits per heavy atom. The van der Waals surface area contributed by atoms with E-state index < -0.39 is 5.91 Å². The molecule has 0 saturated carbocycles. The molecular weight excluding hydrogens is 190 g/mol. The average Bonchev–Trinajstić information content (AvgIpc) is 2.27. The van der Waals surface area contributed by atoms with Crippen LogP contribution in [-0.4, -0.2) is 11.1 Å². The number of benzene rings is 2. The van der Waals surface area contributed by atoms with Crippen LogP contribution in [0.25, 0.3) is 10.8 Å². The van der Waals surface area contributed by atoms with Crippen molar-refractivity contribution < 1.29 is 10.0 Å². The van der Waals surface area contributed by atoms with Gasteiger partial charge in [0.05, 0.1) is 5.69 Å². The summed E-state index contributed by atoms with van der Waals surface area (Å²) in [6.45, 7) is 1.31. The molecule has 0 aliphatic heterocycles. The summed E-state index contributed by atoms with van der Waals surface area (Å²) in [5, 5.41) is 12.2. The number of hydrogen-bond donors (Lipinski definition) is 1. The summed E-state index contributed by atoms with van der Waals surface area (Å²) in [5.41, 5.74) is 0.487. The van der Waals surface area contributed by atoms with E-state index in [-0.39, 0.29) is 0 Å². The van der Waals surface area contributed by atoms with Crippen LogP contribution in [0.2, 0.25) is 0 Å². The van der Waals surface area contributed by atoms with Crippen molar-refractivity contribution in [1.29, 1.82) is 0 Å². The molecule has 2 aromatic rings. The molecule has 0 radical (unpaired) electrons. The molecule has 0 aromatic heterocycles. The monoisotopic (exact) mass is 201 g/mol. The van der Waals surface area contributed by atoms with Crippen molar-refractivity contribution in [3.05, 3.63) is 42.5 Å². The largest absolute Gasteiger partial charge is 0.281 e. The number of amides is 1. The van der Waals surface area contributed by atoms with E-state index in [4.69, 9.17) is 0 Å². The molecule has 76 valence electrons. The van der Waals surface area contributed by atoms with Gasteiger partial charge in [0, 0.05) is 6.92 Å². The van der Waals surface area contributed by atoms with Crippen LogP contribution in [0, 0.1) is 0 Å². The van der Waals surface area contributed by atoms with E-state index in [9.17, 15) is 10.0 Å². The number of hydrogen-bond acceptors (Lipinski definition) is 2. The first-order valence-corrected chi connectivity index (χ1v) is 4.67. The quantitative estimate of drug-likeness (QED) is 0.569. The topological polar surface area (TPSA) is 40.5 Å². The van der Waals surface area contributed by atoms with Gasteiger partial charge in [-0.2, -0.15) is 5.06 Å². The van der Waals surface area contributed by atoms with Crippen molar-refractivity contribution in [2.24, 2.45) is 0 Å². The van der Waals surface area contributed by atoms with E-state index in [1.165, 1.54) is 6.92 Å². The molecule has 2 aromatic carbocycles. The predicted molar refractivity (Wildman–Crippen MR) is 58.9 cm³/mol. The Kier molecular flexibility index (Phi) is 2.39. The van der Waals surface area contributed by atoms with Crippen molar-refractivity contribution in [3.8, 4) is 0 Å². The Morgan fingerprint density at radius 1 is 1.13 bits per heavy atom. The van der Waals surface area contributed by atoms with Crippen molar-refractivity contribution in [2.45, 2.75) is 6.92 Å². The van der Waals surface area contributed by atoms with Crippen LogP contribution < -0.4 is 5.06 Å². The lowest BCUT2D eigenvalue weighted by Crippen LogP contribution is -2.23. The summed E-state index contributed by atoms with van der Waals surface area (Å²) in [4.78, 5) is 11.0. The molecule has 0 spiro atoms. The van der Waals surface area contributed by atoms with Gasteiger partial charge >= 0.3 is 0 Å². The highest BCUT2D eigenvalue weighted by atomic mass is 16.5. The SMILES string of the molecule is CC(=O)N(O)c1ccc2ccccc2c1. The number of nitrogens with zero attached hydrogens (tertiary/aromatic N) is 1. The third-order valence-corrected chi connectivity index (χ3v) is 2.28. The summed E-state index contributed by atoms with van der Waals surface area (Å²) in [7, 11) is 0. The molecule has 3 nitrogen and oxygen atoms in total. The van der Waals surface area contributed by atoms with Gasteiger partial charge in [0.15, 0.2) is 0 Å². The van der Waals surface area contributed by atoms with Gasteiger partial charge in [0.25, 0.3) is 0 Å². The number of hydroxylamine groups is 1. The first-order valence-electron chi connectivity index (χ1n) is 4.67. The fourth-order valence-electron chi connectivity index (χ4n) is 1.49. The van der Waals surface area contributed by atoms with Crippen molar-refractivity contribution >= 4 is 22.4 Å². The van der Waals surface area contributed by atoms with E-state index >= 15 is 0 Å². The predicted octanol–water partition coefficient (Wildman–Crippen LogP) is 2.58. The van der Waals surface area contributed by atoms with E-state index in [1.54, 1.807) is 12.1 Å². The lowest BCUT2D eigenvalue weighted by Gasteiger charge is -2.12. The number of anilines is 1. The maximum atomic E-state index is 11.0. The van der Waals surface area contributed by atoms with E-state index in [1.807, 2.05) is 30.3 Å². The van der Waals surface area contributed by atoms with Gasteiger partial charge in [0.1, 0.15) is 0 Å². The van der Waals surface area contributed by atoms with Crippen LogP contribution in [0.5, 0.6) is 0 Å². The van der Waals surface area contributed by atoms with Crippen molar-refractivity contribution in [1.82, 2.24) is 0 Å². The van der Waals surface area contributed by atoms with Gasteiger partial charge < -0.3 is 0 Å². The zero-order chi connectivity index (χ0) is 10.8. The number of rotatable bonds is 1. The summed E-state index contributed by atoms with van der Waals surface area (Å²) < 4.78 is 0. The molecule has 0 aliphatic carbocycles. The minimum atomic E-state index is -0.398. The number of carbonyl (C=O) groups excluding carboxylic acids is 1. The molecule has 3 heteroatoms. The van der Waals surface area contributed by atoms with Gasteiger partial charge in [-0.15, -0.1) is 0 Å². The molecule has 15 heavy (non-hydrogen) atoms. The Hall–Kier alpha value is -1.87. The van der Waals surface area contributed by atoms with Gasteiger partial charge in [-0.25, -0.2) is 0 Å². The first kappa shape index (κ1) is 9.68. The van der Waals surface area contributed by atoms with Gasteiger partial charge in [-0.05, 0) is 22.9 Å².